The molecule has 0 aromatic heterocycles. The van der Waals surface area contributed by atoms with E-state index in [9.17, 15) is 35.9 Å². The Labute approximate surface area is 109 Å². The summed E-state index contributed by atoms with van der Waals surface area (Å²) >= 11 is 0. The third kappa shape index (κ3) is 8.38. The Hall–Kier alpha value is -0.354. The van der Waals surface area contributed by atoms with Crippen molar-refractivity contribution in [3.63, 3.8) is 0 Å². The van der Waals surface area contributed by atoms with Gasteiger partial charge in [-0.05, 0) is 0 Å². The van der Waals surface area contributed by atoms with Crippen LogP contribution in [0.4, 0.5) is 26.3 Å². The molecule has 0 fully saturated rings. The summed E-state index contributed by atoms with van der Waals surface area (Å²) in [6, 6.07) is 0. The number of rotatable bonds is 3. The molecule has 0 radical (unpaired) electrons. The van der Waals surface area contributed by atoms with E-state index in [1.807, 2.05) is 0 Å². The molecule has 0 aromatic carbocycles. The van der Waals surface area contributed by atoms with Crippen LogP contribution in [-0.2, 0) is 14.3 Å². The van der Waals surface area contributed by atoms with E-state index in [0.29, 0.717) is 0 Å². The van der Waals surface area contributed by atoms with Crippen LogP contribution in [0.25, 0.3) is 0 Å². The van der Waals surface area contributed by atoms with Gasteiger partial charge in [0.15, 0.2) is 6.67 Å². The highest BCUT2D eigenvalue weighted by molar-refractivity contribution is 6.41. The number of hydrogen-bond donors (Lipinski definition) is 0. The highest BCUT2D eigenvalue weighted by Gasteiger charge is 2.53. The van der Waals surface area contributed by atoms with Gasteiger partial charge in [-0.15, -0.1) is 0 Å². The molecule has 0 atom stereocenters. The zero-order valence-corrected chi connectivity index (χ0v) is 8.20. The minimum atomic E-state index is -5.70. The van der Waals surface area contributed by atoms with Crippen molar-refractivity contribution < 1.29 is 40.7 Å². The van der Waals surface area contributed by atoms with Crippen molar-refractivity contribution in [2.75, 3.05) is 20.9 Å². The molecule has 0 aliphatic carbocycles. The van der Waals surface area contributed by atoms with Gasteiger partial charge in [0, 0.05) is 14.2 Å². The number of carbonyl (C=O) groups is 2. The molecule has 17 heavy (non-hydrogen) atoms. The first kappa shape index (κ1) is 21.9. The van der Waals surface area contributed by atoms with Crippen molar-refractivity contribution in [1.29, 1.82) is 0 Å². The minimum absolute atomic E-state index is 0. The van der Waals surface area contributed by atoms with Crippen LogP contribution >= 0.6 is 0 Å². The van der Waals surface area contributed by atoms with Crippen molar-refractivity contribution in [3.8, 4) is 0 Å². The summed E-state index contributed by atoms with van der Waals surface area (Å²) in [4.78, 5) is 19.8. The number of halogens is 6. The molecule has 0 N–H and O–H groups in total. The van der Waals surface area contributed by atoms with Crippen molar-refractivity contribution in [2.24, 2.45) is 0 Å². The number of Topliss-reactive ketones (excluding diaryl/α,β-unsaturated/α-hetero) is 2. The Morgan fingerprint density at radius 1 is 1.00 bits per heavy atom. The summed E-state index contributed by atoms with van der Waals surface area (Å²) in [5.41, 5.74) is 0. The molecule has 0 spiro atoms. The second-order valence-electron chi connectivity index (χ2n) is 2.40. The molecular weight excluding hydrogens is 270 g/mol. The number of hydrogen-bond acceptors (Lipinski definition) is 3. The molecule has 0 amide bonds. The first-order valence-electron chi connectivity index (χ1n) is 3.54. The van der Waals surface area contributed by atoms with Crippen LogP contribution in [0.2, 0.25) is 0 Å². The SMILES string of the molecule is COC.O=C(C(=O)C(F)(F)CF)C(F)(F)F.[MgH2]. The molecule has 0 aliphatic rings. The molecule has 0 saturated heterocycles. The van der Waals surface area contributed by atoms with E-state index < -0.39 is 30.3 Å². The van der Waals surface area contributed by atoms with Gasteiger partial charge in [0.05, 0.1) is 0 Å². The summed E-state index contributed by atoms with van der Waals surface area (Å²) < 4.78 is 73.3. The number of alkyl halides is 6. The molecule has 0 rings (SSSR count). The van der Waals surface area contributed by atoms with E-state index in [-0.39, 0.29) is 23.1 Å². The van der Waals surface area contributed by atoms with Gasteiger partial charge < -0.3 is 4.74 Å². The van der Waals surface area contributed by atoms with Crippen LogP contribution in [-0.4, -0.2) is 67.6 Å². The monoisotopic (exact) mass is 280 g/mol. The minimum Gasteiger partial charge on any atom is -0.388 e. The normalized spacial score (nSPS) is 10.8. The van der Waals surface area contributed by atoms with E-state index in [1.165, 1.54) is 0 Å². The zero-order valence-electron chi connectivity index (χ0n) is 8.20. The lowest BCUT2D eigenvalue weighted by Crippen LogP contribution is -2.43. The third-order valence-corrected chi connectivity index (χ3v) is 0.964. The molecule has 0 bridgehead atoms. The van der Waals surface area contributed by atoms with Crippen molar-refractivity contribution >= 4 is 34.6 Å². The van der Waals surface area contributed by atoms with E-state index in [4.69, 9.17) is 0 Å². The summed E-state index contributed by atoms with van der Waals surface area (Å²) in [5, 5.41) is 0. The average Bonchev–Trinajstić information content (AvgIpc) is 2.15. The molecule has 100 valence electrons. The lowest BCUT2D eigenvalue weighted by atomic mass is 10.1. The van der Waals surface area contributed by atoms with Crippen LogP contribution < -0.4 is 0 Å². The first-order chi connectivity index (χ1) is 7.04. The van der Waals surface area contributed by atoms with E-state index in [1.54, 1.807) is 14.2 Å². The molecule has 0 saturated carbocycles. The van der Waals surface area contributed by atoms with Gasteiger partial charge in [-0.3, -0.25) is 9.59 Å². The Balaban J connectivity index is -0.000000440. The molecule has 3 nitrogen and oxygen atoms in total. The van der Waals surface area contributed by atoms with Gasteiger partial charge in [0.2, 0.25) is 0 Å². The predicted octanol–water partition coefficient (Wildman–Crippen LogP) is 0.638. The van der Waals surface area contributed by atoms with Gasteiger partial charge >= 0.3 is 40.9 Å². The average molecular weight is 280 g/mol. The van der Waals surface area contributed by atoms with E-state index >= 15 is 0 Å². The van der Waals surface area contributed by atoms with Crippen LogP contribution in [0, 0.1) is 0 Å². The fourth-order valence-electron chi connectivity index (χ4n) is 0.356. The van der Waals surface area contributed by atoms with Gasteiger partial charge in [-0.1, -0.05) is 0 Å². The van der Waals surface area contributed by atoms with E-state index in [2.05, 4.69) is 4.74 Å². The number of carbonyl (C=O) groups excluding carboxylic acids is 2. The Kier molecular flexibility index (Phi) is 11.2. The molecule has 10 heteroatoms. The summed E-state index contributed by atoms with van der Waals surface area (Å²) in [7, 11) is 3.25. The van der Waals surface area contributed by atoms with Crippen molar-refractivity contribution in [3.05, 3.63) is 0 Å². The lowest BCUT2D eigenvalue weighted by molar-refractivity contribution is -0.182. The Morgan fingerprint density at radius 3 is 1.47 bits per heavy atom. The molecule has 0 unspecified atom stereocenters. The maximum atomic E-state index is 11.9. The Bertz CT molecular complexity index is 252. The molecule has 0 aliphatic heterocycles. The van der Waals surface area contributed by atoms with Crippen LogP contribution in [0.5, 0.6) is 0 Å². The fraction of sp³-hybridized carbons (Fsp3) is 0.714. The zero-order chi connectivity index (χ0) is 13.6. The molecule has 0 aromatic rings. The van der Waals surface area contributed by atoms with Gasteiger partial charge in [0.1, 0.15) is 0 Å². The van der Waals surface area contributed by atoms with Gasteiger partial charge in [0.25, 0.3) is 5.78 Å². The van der Waals surface area contributed by atoms with Gasteiger partial charge in [-0.2, -0.15) is 22.0 Å². The number of methoxy groups -OCH3 is 1. The highest BCUT2D eigenvalue weighted by Crippen LogP contribution is 2.23. The van der Waals surface area contributed by atoms with Crippen LogP contribution in [0.1, 0.15) is 0 Å². The van der Waals surface area contributed by atoms with Gasteiger partial charge in [-0.25, -0.2) is 4.39 Å². The quantitative estimate of drug-likeness (QED) is 0.433. The summed E-state index contributed by atoms with van der Waals surface area (Å²) in [6.45, 7) is -2.63. The predicted molar refractivity (Wildman–Crippen MR) is 48.5 cm³/mol. The number of ketones is 2. The third-order valence-electron chi connectivity index (χ3n) is 0.964. The maximum Gasteiger partial charge on any atom is 0.458 e. The smallest absolute Gasteiger partial charge is 0.388 e. The topological polar surface area (TPSA) is 43.4 Å². The van der Waals surface area contributed by atoms with Crippen LogP contribution in [0.15, 0.2) is 0 Å². The van der Waals surface area contributed by atoms with Crippen LogP contribution in [0.3, 0.4) is 0 Å². The Morgan fingerprint density at radius 2 is 1.29 bits per heavy atom. The largest absolute Gasteiger partial charge is 0.458 e. The fourth-order valence-corrected chi connectivity index (χ4v) is 0.356. The molecular formula is C7H10F6MgO3. The van der Waals surface area contributed by atoms with Crippen molar-refractivity contribution in [2.45, 2.75) is 12.1 Å². The van der Waals surface area contributed by atoms with E-state index in [0.717, 1.165) is 0 Å². The first-order valence-corrected chi connectivity index (χ1v) is 3.54. The maximum absolute atomic E-state index is 11.9. The summed E-state index contributed by atoms with van der Waals surface area (Å²) in [6.07, 6.45) is -5.70. The lowest BCUT2D eigenvalue weighted by Gasteiger charge is -2.10. The van der Waals surface area contributed by atoms with Crippen molar-refractivity contribution in [1.82, 2.24) is 0 Å². The second kappa shape index (κ2) is 8.70. The molecule has 0 heterocycles. The standard InChI is InChI=1S/C5H2F6O2.C2H6O.Mg.2H/c6-1-4(7,8)2(12)3(13)5(9,10)11;1-3-2;;;/h1H2;1-2H3;;;. The highest BCUT2D eigenvalue weighted by atomic mass is 24.3. The second-order valence-corrected chi connectivity index (χ2v) is 2.40. The number of ether oxygens (including phenoxy) is 1. The summed E-state index contributed by atoms with van der Waals surface area (Å²) in [5.74, 6) is -11.2.